The molecule has 6 nitrogen and oxygen atoms in total. The quantitative estimate of drug-likeness (QED) is 0.853. The van der Waals surface area contributed by atoms with Crippen molar-refractivity contribution in [1.29, 1.82) is 0 Å². The standard InChI is InChI=1S/C15H15N3O3/c19-13-7-8-18(15(21)17-13)9-14(20)16-12-6-5-10-3-1-2-4-11(10)12/h1-4,7-8,12H,5-6,9H2,(H,16,20)(H,17,19,21)/t12-/m0/s1. The molecule has 0 fully saturated rings. The van der Waals surface area contributed by atoms with E-state index in [9.17, 15) is 14.4 Å². The fraction of sp³-hybridized carbons (Fsp3) is 0.267. The van der Waals surface area contributed by atoms with E-state index in [0.29, 0.717) is 0 Å². The highest BCUT2D eigenvalue weighted by atomic mass is 16.2. The van der Waals surface area contributed by atoms with Gasteiger partial charge in [0.05, 0.1) is 6.04 Å². The molecule has 1 heterocycles. The minimum absolute atomic E-state index is 0.00726. The first-order valence-electron chi connectivity index (χ1n) is 6.80. The zero-order chi connectivity index (χ0) is 14.8. The van der Waals surface area contributed by atoms with Crippen LogP contribution in [-0.2, 0) is 17.8 Å². The summed E-state index contributed by atoms with van der Waals surface area (Å²) in [6, 6.07) is 9.23. The summed E-state index contributed by atoms with van der Waals surface area (Å²) in [6.07, 6.45) is 3.13. The van der Waals surface area contributed by atoms with Gasteiger partial charge in [-0.25, -0.2) is 4.79 Å². The van der Waals surface area contributed by atoms with Crippen molar-refractivity contribution in [3.05, 3.63) is 68.5 Å². The van der Waals surface area contributed by atoms with Crippen LogP contribution in [-0.4, -0.2) is 15.5 Å². The third kappa shape index (κ3) is 2.79. The van der Waals surface area contributed by atoms with E-state index in [2.05, 4.69) is 16.4 Å². The summed E-state index contributed by atoms with van der Waals surface area (Å²) in [5.41, 5.74) is 1.34. The summed E-state index contributed by atoms with van der Waals surface area (Å²) < 4.78 is 1.18. The summed E-state index contributed by atoms with van der Waals surface area (Å²) in [6.45, 7) is -0.103. The van der Waals surface area contributed by atoms with Crippen molar-refractivity contribution in [3.8, 4) is 0 Å². The Labute approximate surface area is 120 Å². The molecule has 1 aliphatic rings. The van der Waals surface area contributed by atoms with Gasteiger partial charge in [-0.1, -0.05) is 24.3 Å². The fourth-order valence-corrected chi connectivity index (χ4v) is 2.67. The Morgan fingerprint density at radius 2 is 2.10 bits per heavy atom. The normalized spacial score (nSPS) is 16.5. The molecule has 1 aromatic heterocycles. The smallest absolute Gasteiger partial charge is 0.328 e. The minimum atomic E-state index is -0.579. The summed E-state index contributed by atoms with van der Waals surface area (Å²) in [5, 5.41) is 2.93. The number of aromatic nitrogens is 2. The van der Waals surface area contributed by atoms with Gasteiger partial charge in [-0.15, -0.1) is 0 Å². The van der Waals surface area contributed by atoms with Crippen molar-refractivity contribution in [2.45, 2.75) is 25.4 Å². The Kier molecular flexibility index (Phi) is 3.43. The van der Waals surface area contributed by atoms with Gasteiger partial charge in [0.1, 0.15) is 6.54 Å². The summed E-state index contributed by atoms with van der Waals surface area (Å²) in [7, 11) is 0. The Balaban J connectivity index is 1.71. The molecule has 2 aromatic rings. The van der Waals surface area contributed by atoms with Gasteiger partial charge in [-0.3, -0.25) is 19.1 Å². The maximum Gasteiger partial charge on any atom is 0.328 e. The van der Waals surface area contributed by atoms with E-state index in [0.717, 1.165) is 18.4 Å². The predicted octanol–water partition coefficient (Wildman–Crippen LogP) is 0.340. The topological polar surface area (TPSA) is 84.0 Å². The van der Waals surface area contributed by atoms with E-state index in [1.165, 1.54) is 22.4 Å². The fourth-order valence-electron chi connectivity index (χ4n) is 2.67. The molecule has 0 aliphatic heterocycles. The van der Waals surface area contributed by atoms with Crippen molar-refractivity contribution in [1.82, 2.24) is 14.9 Å². The lowest BCUT2D eigenvalue weighted by atomic mass is 10.1. The van der Waals surface area contributed by atoms with E-state index in [1.807, 2.05) is 18.2 Å². The zero-order valence-corrected chi connectivity index (χ0v) is 11.3. The minimum Gasteiger partial charge on any atom is -0.348 e. The lowest BCUT2D eigenvalue weighted by Gasteiger charge is -2.14. The van der Waals surface area contributed by atoms with E-state index in [1.54, 1.807) is 0 Å². The van der Waals surface area contributed by atoms with Gasteiger partial charge in [-0.05, 0) is 24.0 Å². The molecule has 0 spiro atoms. The highest BCUT2D eigenvalue weighted by molar-refractivity contribution is 5.76. The van der Waals surface area contributed by atoms with E-state index >= 15 is 0 Å². The van der Waals surface area contributed by atoms with Crippen LogP contribution in [0.1, 0.15) is 23.6 Å². The van der Waals surface area contributed by atoms with E-state index in [-0.39, 0.29) is 18.5 Å². The van der Waals surface area contributed by atoms with Gasteiger partial charge < -0.3 is 5.32 Å². The molecule has 0 unspecified atom stereocenters. The predicted molar refractivity (Wildman–Crippen MR) is 77.0 cm³/mol. The molecule has 108 valence electrons. The van der Waals surface area contributed by atoms with Gasteiger partial charge in [0.15, 0.2) is 0 Å². The second-order valence-electron chi connectivity index (χ2n) is 5.10. The van der Waals surface area contributed by atoms with Crippen molar-refractivity contribution < 1.29 is 4.79 Å². The Hall–Kier alpha value is -2.63. The Morgan fingerprint density at radius 3 is 2.90 bits per heavy atom. The molecule has 1 atom stereocenters. The molecule has 1 aliphatic carbocycles. The second-order valence-corrected chi connectivity index (χ2v) is 5.10. The average molecular weight is 285 g/mol. The number of benzene rings is 1. The molecular formula is C15H15N3O3. The second kappa shape index (κ2) is 5.40. The van der Waals surface area contributed by atoms with Gasteiger partial charge in [0.2, 0.25) is 5.91 Å². The van der Waals surface area contributed by atoms with Crippen molar-refractivity contribution in [2.24, 2.45) is 0 Å². The van der Waals surface area contributed by atoms with Crippen LogP contribution >= 0.6 is 0 Å². The lowest BCUT2D eigenvalue weighted by molar-refractivity contribution is -0.122. The first-order valence-corrected chi connectivity index (χ1v) is 6.80. The van der Waals surface area contributed by atoms with Crippen molar-refractivity contribution >= 4 is 5.91 Å². The van der Waals surface area contributed by atoms with Crippen LogP contribution in [0.5, 0.6) is 0 Å². The number of carbonyl (C=O) groups is 1. The molecule has 1 aromatic carbocycles. The summed E-state index contributed by atoms with van der Waals surface area (Å²) >= 11 is 0. The number of nitrogens with one attached hydrogen (secondary N) is 2. The van der Waals surface area contributed by atoms with Crippen LogP contribution in [0.25, 0.3) is 0 Å². The molecule has 3 rings (SSSR count). The number of aryl methyl sites for hydroxylation is 1. The lowest BCUT2D eigenvalue weighted by Crippen LogP contribution is -2.36. The first-order chi connectivity index (χ1) is 10.1. The SMILES string of the molecule is O=C(Cn1ccc(=O)[nH]c1=O)N[C@H]1CCc2ccccc21. The maximum atomic E-state index is 12.1. The zero-order valence-electron chi connectivity index (χ0n) is 11.3. The van der Waals surface area contributed by atoms with Crippen molar-refractivity contribution in [3.63, 3.8) is 0 Å². The molecule has 21 heavy (non-hydrogen) atoms. The Bertz CT molecular complexity index is 791. The average Bonchev–Trinajstić information content (AvgIpc) is 2.85. The number of amides is 1. The molecule has 0 radical (unpaired) electrons. The number of hydrogen-bond donors (Lipinski definition) is 2. The number of rotatable bonds is 3. The van der Waals surface area contributed by atoms with Crippen LogP contribution in [0.15, 0.2) is 46.1 Å². The van der Waals surface area contributed by atoms with Crippen LogP contribution in [0.3, 0.4) is 0 Å². The molecule has 0 saturated heterocycles. The van der Waals surface area contributed by atoms with E-state index in [4.69, 9.17) is 0 Å². The third-order valence-corrected chi connectivity index (χ3v) is 3.68. The largest absolute Gasteiger partial charge is 0.348 e. The highest BCUT2D eigenvalue weighted by Crippen LogP contribution is 2.30. The molecule has 0 saturated carbocycles. The molecule has 0 bridgehead atoms. The summed E-state index contributed by atoms with van der Waals surface area (Å²) in [4.78, 5) is 36.7. The van der Waals surface area contributed by atoms with Crippen LogP contribution in [0, 0.1) is 0 Å². The number of hydrogen-bond acceptors (Lipinski definition) is 3. The van der Waals surface area contributed by atoms with Crippen molar-refractivity contribution in [2.75, 3.05) is 0 Å². The van der Waals surface area contributed by atoms with Gasteiger partial charge >= 0.3 is 5.69 Å². The monoisotopic (exact) mass is 285 g/mol. The van der Waals surface area contributed by atoms with Crippen LogP contribution < -0.4 is 16.6 Å². The Morgan fingerprint density at radius 1 is 1.29 bits per heavy atom. The molecular weight excluding hydrogens is 270 g/mol. The highest BCUT2D eigenvalue weighted by Gasteiger charge is 2.23. The van der Waals surface area contributed by atoms with Gasteiger partial charge in [0.25, 0.3) is 5.56 Å². The number of carbonyl (C=O) groups excluding carboxylic acids is 1. The number of aromatic amines is 1. The number of H-pyrrole nitrogens is 1. The van der Waals surface area contributed by atoms with E-state index < -0.39 is 11.2 Å². The van der Waals surface area contributed by atoms with Crippen LogP contribution in [0.4, 0.5) is 0 Å². The van der Waals surface area contributed by atoms with Gasteiger partial charge in [-0.2, -0.15) is 0 Å². The number of fused-ring (bicyclic) bond motifs is 1. The summed E-state index contributed by atoms with van der Waals surface area (Å²) in [5.74, 6) is -0.245. The number of nitrogens with zero attached hydrogens (tertiary/aromatic N) is 1. The molecule has 6 heteroatoms. The molecule has 1 amide bonds. The van der Waals surface area contributed by atoms with Crippen LogP contribution in [0.2, 0.25) is 0 Å². The maximum absolute atomic E-state index is 12.1. The molecule has 2 N–H and O–H groups in total. The first kappa shape index (κ1) is 13.4. The third-order valence-electron chi connectivity index (χ3n) is 3.68. The van der Waals surface area contributed by atoms with Gasteiger partial charge in [0, 0.05) is 12.3 Å².